The summed E-state index contributed by atoms with van der Waals surface area (Å²) in [5.41, 5.74) is 20.9. The topological polar surface area (TPSA) is 625 Å². The smallest absolute Gasteiger partial charge is 0.321 e. The number of aliphatic hydroxyl groups is 12. The van der Waals surface area contributed by atoms with Crippen molar-refractivity contribution < 1.29 is 129 Å². The van der Waals surface area contributed by atoms with E-state index < -0.39 is 138 Å². The van der Waals surface area contributed by atoms with E-state index in [1.165, 1.54) is 18.7 Å². The number of aliphatic carboxylic acids is 2. The quantitative estimate of drug-likeness (QED) is 0.0252. The Balaban J connectivity index is -0.00000129. The van der Waals surface area contributed by atoms with Crippen LogP contribution >= 0.6 is 23.5 Å². The predicted octanol–water partition coefficient (Wildman–Crippen LogP) is -9.93. The van der Waals surface area contributed by atoms with Crippen molar-refractivity contribution >= 4 is 82.2 Å². The van der Waals surface area contributed by atoms with Gasteiger partial charge in [-0.15, -0.1) is 11.8 Å². The second kappa shape index (κ2) is 51.4. The van der Waals surface area contributed by atoms with Gasteiger partial charge in [0.15, 0.2) is 35.7 Å². The maximum absolute atomic E-state index is 12.1. The third kappa shape index (κ3) is 39.4. The highest BCUT2D eigenvalue weighted by Gasteiger charge is 2.39. The Bertz CT molecular complexity index is 1840. The van der Waals surface area contributed by atoms with Crippen LogP contribution in [0.5, 0.6) is 0 Å². The summed E-state index contributed by atoms with van der Waals surface area (Å²) < 4.78 is 10.2. The normalized spacial score (nSPS) is 16.1. The van der Waals surface area contributed by atoms with Gasteiger partial charge >= 0.3 is 11.9 Å². The number of nitrogens with one attached hydrogen (secondary N) is 4. The van der Waals surface area contributed by atoms with Gasteiger partial charge in [0.05, 0.1) is 30.6 Å². The Labute approximate surface area is 505 Å². The number of Topliss-reactive ketones (excluding diaryl/α,β-unsaturated/α-hetero) is 4. The molecule has 26 N–H and O–H groups in total. The minimum Gasteiger partial charge on any atom is -0.481 e. The zero-order chi connectivity index (χ0) is 66.5. The monoisotopic (exact) mass is 1290 g/mol. The number of nitrogens with two attached hydrogens (primary N) is 4. The highest BCUT2D eigenvalue weighted by Crippen LogP contribution is 2.14. The number of carboxylic acids is 2. The van der Waals surface area contributed by atoms with Gasteiger partial charge < -0.3 is 125 Å². The van der Waals surface area contributed by atoms with Gasteiger partial charge in [-0.2, -0.15) is 11.8 Å². The Kier molecular flexibility index (Phi) is 51.2. The molecule has 4 amide bonds. The Morgan fingerprint density at radius 1 is 0.430 bits per heavy atom. The zero-order valence-electron chi connectivity index (χ0n) is 48.3. The molecule has 36 heteroatoms. The lowest BCUT2D eigenvalue weighted by Gasteiger charge is -2.25. The molecule has 0 saturated heterocycles. The van der Waals surface area contributed by atoms with Crippen LogP contribution in [0.15, 0.2) is 0 Å². The third-order valence-electron chi connectivity index (χ3n) is 11.5. The van der Waals surface area contributed by atoms with Gasteiger partial charge in [-0.3, -0.25) is 47.9 Å². The van der Waals surface area contributed by atoms with Crippen molar-refractivity contribution in [2.75, 3.05) is 95.3 Å². The second-order valence-electron chi connectivity index (χ2n) is 19.0. The third-order valence-corrected chi connectivity index (χ3v) is 13.8. The van der Waals surface area contributed by atoms with Crippen molar-refractivity contribution in [2.24, 2.45) is 28.9 Å². The molecule has 0 aromatic rings. The lowest BCUT2D eigenvalue weighted by Crippen LogP contribution is -2.53. The zero-order valence-corrected chi connectivity index (χ0v) is 50.0. The van der Waals surface area contributed by atoms with Gasteiger partial charge in [-0.1, -0.05) is 13.8 Å². The van der Waals surface area contributed by atoms with Crippen molar-refractivity contribution in [3.8, 4) is 0 Å². The fraction of sp³-hybridized carbons (Fsp3) is 0.800. The summed E-state index contributed by atoms with van der Waals surface area (Å²) in [6, 6.07) is -1.10. The number of carboxylic acid groups (broad SMARTS) is 2. The largest absolute Gasteiger partial charge is 0.481 e. The Hall–Kier alpha value is -4.52. The van der Waals surface area contributed by atoms with Crippen LogP contribution in [-0.2, 0) is 57.4 Å². The van der Waals surface area contributed by atoms with Gasteiger partial charge in [-0.05, 0) is 38.6 Å². The molecule has 0 aliphatic heterocycles. The van der Waals surface area contributed by atoms with Crippen molar-refractivity contribution in [2.45, 2.75) is 151 Å². The minimum absolute atomic E-state index is 0.0352. The molecule has 0 aromatic heterocycles. The summed E-state index contributed by atoms with van der Waals surface area (Å²) in [7, 11) is 0. The summed E-state index contributed by atoms with van der Waals surface area (Å²) in [4.78, 5) is 115. The van der Waals surface area contributed by atoms with Crippen LogP contribution in [0.2, 0.25) is 0 Å². The highest BCUT2D eigenvalue weighted by molar-refractivity contribution is 8.00. The highest BCUT2D eigenvalue weighted by atomic mass is 32.2. The number of hydrogen-bond donors (Lipinski definition) is 22. The molecule has 0 bridgehead atoms. The first-order valence-corrected chi connectivity index (χ1v) is 29.7. The van der Waals surface area contributed by atoms with Crippen molar-refractivity contribution in [1.82, 2.24) is 21.3 Å². The standard InChI is InChI=1S/C23H39N3O12S2.C16H32N2O8.C11H23N3O6/c1-12(22(35)36)8-39-9-13(27)4-2-7-26-21(34)20(33)19(32)18(31)17(30)15(28)5-3-6-25-16(29)11-40-10-14(24)23(37)38;1-2-7-25-8-3-4-11(19)12(20)13(21)14(22)15(23)16(24)18-6-10-26-9-5-17;12-3-1-2-6(15)7(16)8(17)9(18)10(19)11(20)14-5-4-13/h12,14,17-20,30-33H,2-11,24H2,1H3,(H,25,29)(H,26,34)(H,35,36)(H,37,38);12-15,20-23H,2-10,17H2,1H3,(H,18,24);7-10,16-19H,1-5,12-13H2,(H,14,20)/t12?,14?,17-,18+,19+,20-;12-,13+,14+,15-;7-,8+,9+,10-/m000/s1. The summed E-state index contributed by atoms with van der Waals surface area (Å²) in [5.74, 6) is -8.27. The van der Waals surface area contributed by atoms with E-state index in [1.807, 2.05) is 6.92 Å². The summed E-state index contributed by atoms with van der Waals surface area (Å²) in [6.45, 7) is 5.70. The Morgan fingerprint density at radius 3 is 1.28 bits per heavy atom. The first kappa shape index (κ1) is 85.7. The second-order valence-corrected chi connectivity index (χ2v) is 21.1. The molecule has 502 valence electrons. The SMILES string of the molecule is CC(CSCC(=O)CCCNC(=O)[C@@H](O)[C@H](O)[C@H](O)[C@@H](O)C(=O)CCCNC(=O)CSCC(N)C(=O)O)C(=O)O.CCCOCCCC(=O)[C@H](O)[C@@H](O)[C@@H](O)[C@H](O)C(=O)NCCOCCN.NCCCC(=O)[C@H](O)[C@@H](O)[C@@H](O)[C@H](O)C(=O)NCCN. The summed E-state index contributed by atoms with van der Waals surface area (Å²) in [5, 5.41) is 144. The summed E-state index contributed by atoms with van der Waals surface area (Å²) >= 11 is 2.20. The molecular formula is C50H94N8O26S2. The number of aliphatic hydroxyl groups excluding tert-OH is 12. The van der Waals surface area contributed by atoms with Crippen LogP contribution in [-0.4, -0.2) is 305 Å². The van der Waals surface area contributed by atoms with E-state index in [9.17, 15) is 109 Å². The molecule has 0 radical (unpaired) electrons. The molecule has 0 heterocycles. The number of thioether (sulfide) groups is 2. The first-order valence-electron chi connectivity index (χ1n) is 27.4. The molecule has 0 aromatic carbocycles. The molecule has 2 unspecified atom stereocenters. The molecule has 0 aliphatic rings. The number of ketones is 4. The first-order chi connectivity index (χ1) is 40.4. The van der Waals surface area contributed by atoms with E-state index in [0.717, 1.165) is 18.2 Å². The number of carbonyl (C=O) groups excluding carboxylic acids is 8. The van der Waals surface area contributed by atoms with E-state index >= 15 is 0 Å². The number of hydrogen-bond acceptors (Lipinski definition) is 30. The molecule has 0 aliphatic carbocycles. The molecule has 34 nitrogen and oxygen atoms in total. The van der Waals surface area contributed by atoms with Crippen LogP contribution in [0.25, 0.3) is 0 Å². The average molecular weight is 1290 g/mol. The molecule has 0 saturated carbocycles. The van der Waals surface area contributed by atoms with Gasteiger partial charge in [0.25, 0.3) is 17.7 Å². The minimum atomic E-state index is -2.19. The number of carbonyl (C=O) groups is 10. The van der Waals surface area contributed by atoms with Crippen LogP contribution in [0.4, 0.5) is 0 Å². The maximum Gasteiger partial charge on any atom is 0.321 e. The van der Waals surface area contributed by atoms with Crippen LogP contribution in [0, 0.1) is 5.92 Å². The number of amides is 4. The van der Waals surface area contributed by atoms with Gasteiger partial charge in [0.2, 0.25) is 5.91 Å². The van der Waals surface area contributed by atoms with Gasteiger partial charge in [-0.25, -0.2) is 0 Å². The van der Waals surface area contributed by atoms with Gasteiger partial charge in [0.1, 0.15) is 66.8 Å². The molecule has 14 atom stereocenters. The van der Waals surface area contributed by atoms with E-state index in [4.69, 9.17) is 42.6 Å². The maximum atomic E-state index is 12.1. The molecular weight excluding hydrogens is 1190 g/mol. The van der Waals surface area contributed by atoms with Crippen LogP contribution in [0.1, 0.15) is 71.6 Å². The number of ether oxygens (including phenoxy) is 2. The van der Waals surface area contributed by atoms with Gasteiger partial charge in [0, 0.05) is 89.7 Å². The van der Waals surface area contributed by atoms with E-state index in [1.54, 1.807) is 0 Å². The fourth-order valence-electron chi connectivity index (χ4n) is 6.29. The molecule has 86 heavy (non-hydrogen) atoms. The van der Waals surface area contributed by atoms with Crippen LogP contribution < -0.4 is 44.2 Å². The predicted molar refractivity (Wildman–Crippen MR) is 307 cm³/mol. The van der Waals surface area contributed by atoms with E-state index in [-0.39, 0.29) is 113 Å². The van der Waals surface area contributed by atoms with Crippen molar-refractivity contribution in [3.05, 3.63) is 0 Å². The van der Waals surface area contributed by atoms with Crippen molar-refractivity contribution in [3.63, 3.8) is 0 Å². The van der Waals surface area contributed by atoms with Crippen molar-refractivity contribution in [1.29, 1.82) is 0 Å². The molecule has 0 spiro atoms. The fourth-order valence-corrected chi connectivity index (χ4v) is 8.08. The Morgan fingerprint density at radius 2 is 0.837 bits per heavy atom. The lowest BCUT2D eigenvalue weighted by molar-refractivity contribution is -0.154. The number of rotatable bonds is 49. The molecule has 0 fully saturated rings. The van der Waals surface area contributed by atoms with E-state index in [2.05, 4.69) is 21.3 Å². The lowest BCUT2D eigenvalue weighted by atomic mass is 9.97. The van der Waals surface area contributed by atoms with Crippen LogP contribution in [0.3, 0.4) is 0 Å². The molecule has 0 rings (SSSR count). The van der Waals surface area contributed by atoms with E-state index in [0.29, 0.717) is 39.2 Å². The summed E-state index contributed by atoms with van der Waals surface area (Å²) in [6.07, 6.45) is -23.0. The average Bonchev–Trinajstić information content (AvgIpc) is 3.55.